The third-order valence-electron chi connectivity index (χ3n) is 3.02. The predicted molar refractivity (Wildman–Crippen MR) is 68.2 cm³/mol. The Kier molecular flexibility index (Phi) is 4.65. The number of alkyl halides is 3. The van der Waals surface area contributed by atoms with Crippen molar-refractivity contribution in [2.75, 3.05) is 7.11 Å². The lowest BCUT2D eigenvalue weighted by Crippen LogP contribution is -2.61. The molecular formula is C13H17F3N2O2. The van der Waals surface area contributed by atoms with Gasteiger partial charge >= 0.3 is 6.18 Å². The Balaban J connectivity index is 2.79. The van der Waals surface area contributed by atoms with E-state index < -0.39 is 23.7 Å². The summed E-state index contributed by atoms with van der Waals surface area (Å²) in [4.78, 5) is 11.6. The van der Waals surface area contributed by atoms with Gasteiger partial charge in [-0.25, -0.2) is 0 Å². The van der Waals surface area contributed by atoms with E-state index in [1.165, 1.54) is 7.11 Å². The number of hydrogen-bond acceptors (Lipinski definition) is 3. The third-order valence-corrected chi connectivity index (χ3v) is 3.02. The van der Waals surface area contributed by atoms with Gasteiger partial charge in [0.25, 0.3) is 0 Å². The highest BCUT2D eigenvalue weighted by Gasteiger charge is 2.54. The van der Waals surface area contributed by atoms with E-state index in [1.54, 1.807) is 31.2 Å². The number of benzene rings is 1. The fraction of sp³-hybridized carbons (Fsp3) is 0.462. The third kappa shape index (κ3) is 3.41. The molecule has 3 N–H and O–H groups in total. The highest BCUT2D eigenvalue weighted by atomic mass is 19.4. The van der Waals surface area contributed by atoms with E-state index in [9.17, 15) is 18.0 Å². The van der Waals surface area contributed by atoms with Gasteiger partial charge in [-0.2, -0.15) is 13.2 Å². The van der Waals surface area contributed by atoms with E-state index in [2.05, 4.69) is 5.32 Å². The molecule has 112 valence electrons. The quantitative estimate of drug-likeness (QED) is 0.893. The summed E-state index contributed by atoms with van der Waals surface area (Å²) >= 11 is 0. The van der Waals surface area contributed by atoms with Gasteiger partial charge in [0.1, 0.15) is 5.75 Å². The van der Waals surface area contributed by atoms with Crippen molar-refractivity contribution in [3.05, 3.63) is 29.8 Å². The number of methoxy groups -OCH3 is 1. The van der Waals surface area contributed by atoms with Gasteiger partial charge in [-0.1, -0.05) is 12.1 Å². The van der Waals surface area contributed by atoms with E-state index in [0.29, 0.717) is 18.2 Å². The molecule has 0 aliphatic rings. The Morgan fingerprint density at radius 1 is 1.30 bits per heavy atom. The maximum absolute atomic E-state index is 12.6. The van der Waals surface area contributed by atoms with Crippen LogP contribution in [0.1, 0.15) is 25.5 Å². The summed E-state index contributed by atoms with van der Waals surface area (Å²) in [6.07, 6.45) is -4.81. The number of carbonyl (C=O) groups excluding carboxylic acids is 1. The minimum atomic E-state index is -4.81. The topological polar surface area (TPSA) is 64.3 Å². The molecule has 4 nitrogen and oxygen atoms in total. The largest absolute Gasteiger partial charge is 0.497 e. The molecule has 1 rings (SSSR count). The normalized spacial score (nSPS) is 16.1. The molecular weight excluding hydrogens is 273 g/mol. The van der Waals surface area contributed by atoms with Crippen LogP contribution < -0.4 is 15.8 Å². The summed E-state index contributed by atoms with van der Waals surface area (Å²) in [6, 6.07) is 6.03. The number of rotatable bonds is 4. The standard InChI is InChI=1S/C13H17F3N2O2/c1-8(9-4-6-10(20-3)7-5-9)18-11(19)12(2,17)13(14,15)16/h4-8H,17H2,1-3H3,(H,18,19)/t8-,12?/m0/s1. The van der Waals surface area contributed by atoms with Crippen molar-refractivity contribution in [3.63, 3.8) is 0 Å². The Bertz CT molecular complexity index is 469. The molecule has 1 amide bonds. The fourth-order valence-electron chi connectivity index (χ4n) is 1.45. The number of amides is 1. The predicted octanol–water partition coefficient (Wildman–Crippen LogP) is 2.15. The highest BCUT2D eigenvalue weighted by molar-refractivity contribution is 5.86. The fourth-order valence-corrected chi connectivity index (χ4v) is 1.45. The molecule has 0 saturated heterocycles. The maximum Gasteiger partial charge on any atom is 0.415 e. The van der Waals surface area contributed by atoms with Crippen molar-refractivity contribution < 1.29 is 22.7 Å². The van der Waals surface area contributed by atoms with Crippen LogP contribution in [0.3, 0.4) is 0 Å². The summed E-state index contributed by atoms with van der Waals surface area (Å²) in [5, 5.41) is 2.26. The zero-order chi connectivity index (χ0) is 15.6. The lowest BCUT2D eigenvalue weighted by molar-refractivity contribution is -0.187. The first-order valence-corrected chi connectivity index (χ1v) is 5.90. The Labute approximate surface area is 115 Å². The monoisotopic (exact) mass is 290 g/mol. The molecule has 0 radical (unpaired) electrons. The number of hydrogen-bond donors (Lipinski definition) is 2. The highest BCUT2D eigenvalue weighted by Crippen LogP contribution is 2.28. The molecule has 2 atom stereocenters. The summed E-state index contributed by atoms with van der Waals surface area (Å²) in [5.74, 6) is -0.653. The van der Waals surface area contributed by atoms with E-state index in [-0.39, 0.29) is 0 Å². The number of halogens is 3. The molecule has 0 saturated carbocycles. The molecule has 20 heavy (non-hydrogen) atoms. The van der Waals surface area contributed by atoms with Crippen LogP contribution in [0.15, 0.2) is 24.3 Å². The van der Waals surface area contributed by atoms with Crippen LogP contribution in [0.25, 0.3) is 0 Å². The Hall–Kier alpha value is -1.76. The molecule has 0 bridgehead atoms. The lowest BCUT2D eigenvalue weighted by atomic mass is 10.0. The molecule has 1 aromatic carbocycles. The molecule has 0 aliphatic carbocycles. The molecule has 0 fully saturated rings. The Morgan fingerprint density at radius 2 is 1.80 bits per heavy atom. The first-order chi connectivity index (χ1) is 9.09. The van der Waals surface area contributed by atoms with Gasteiger partial charge in [0, 0.05) is 0 Å². The van der Waals surface area contributed by atoms with Gasteiger partial charge in [0.2, 0.25) is 5.91 Å². The summed E-state index contributed by atoms with van der Waals surface area (Å²) < 4.78 is 42.9. The van der Waals surface area contributed by atoms with Crippen molar-refractivity contribution in [2.45, 2.75) is 31.6 Å². The minimum Gasteiger partial charge on any atom is -0.497 e. The van der Waals surface area contributed by atoms with Crippen LogP contribution in [-0.2, 0) is 4.79 Å². The van der Waals surface area contributed by atoms with E-state index in [1.807, 2.05) is 0 Å². The minimum absolute atomic E-state index is 0.598. The number of carbonyl (C=O) groups is 1. The summed E-state index contributed by atoms with van der Waals surface area (Å²) in [5.41, 5.74) is 2.78. The average molecular weight is 290 g/mol. The van der Waals surface area contributed by atoms with E-state index in [0.717, 1.165) is 0 Å². The van der Waals surface area contributed by atoms with Gasteiger partial charge in [0.05, 0.1) is 13.2 Å². The first kappa shape index (κ1) is 16.3. The van der Waals surface area contributed by atoms with Crippen molar-refractivity contribution in [1.29, 1.82) is 0 Å². The molecule has 0 heterocycles. The van der Waals surface area contributed by atoms with Crippen molar-refractivity contribution >= 4 is 5.91 Å². The van der Waals surface area contributed by atoms with Gasteiger partial charge < -0.3 is 15.8 Å². The van der Waals surface area contributed by atoms with Crippen molar-refractivity contribution in [2.24, 2.45) is 5.73 Å². The van der Waals surface area contributed by atoms with Crippen LogP contribution in [0.2, 0.25) is 0 Å². The van der Waals surface area contributed by atoms with Crippen molar-refractivity contribution in [1.82, 2.24) is 5.32 Å². The average Bonchev–Trinajstić information content (AvgIpc) is 2.37. The van der Waals surface area contributed by atoms with Crippen LogP contribution >= 0.6 is 0 Å². The van der Waals surface area contributed by atoms with E-state index in [4.69, 9.17) is 10.5 Å². The van der Waals surface area contributed by atoms with Gasteiger partial charge in [-0.15, -0.1) is 0 Å². The molecule has 0 spiro atoms. The zero-order valence-corrected chi connectivity index (χ0v) is 11.4. The first-order valence-electron chi connectivity index (χ1n) is 5.90. The second kappa shape index (κ2) is 5.70. The Morgan fingerprint density at radius 3 is 2.20 bits per heavy atom. The van der Waals surface area contributed by atoms with E-state index >= 15 is 0 Å². The molecule has 0 aliphatic heterocycles. The summed E-state index contributed by atoms with van der Waals surface area (Å²) in [7, 11) is 1.50. The lowest BCUT2D eigenvalue weighted by Gasteiger charge is -2.28. The number of ether oxygens (including phenoxy) is 1. The maximum atomic E-state index is 12.6. The molecule has 0 aromatic heterocycles. The van der Waals surface area contributed by atoms with Crippen LogP contribution in [0.4, 0.5) is 13.2 Å². The SMILES string of the molecule is COc1ccc([C@H](C)NC(=O)C(C)(N)C(F)(F)F)cc1. The number of nitrogens with two attached hydrogens (primary N) is 1. The second-order valence-corrected chi connectivity index (χ2v) is 4.67. The molecule has 1 unspecified atom stereocenters. The zero-order valence-electron chi connectivity index (χ0n) is 11.4. The molecule has 7 heteroatoms. The van der Waals surface area contributed by atoms with Crippen LogP contribution in [-0.4, -0.2) is 24.7 Å². The van der Waals surface area contributed by atoms with Gasteiger partial charge in [-0.05, 0) is 31.5 Å². The summed E-state index contributed by atoms with van der Waals surface area (Å²) in [6.45, 7) is 2.22. The van der Waals surface area contributed by atoms with Gasteiger partial charge in [-0.3, -0.25) is 4.79 Å². The van der Waals surface area contributed by atoms with Gasteiger partial charge in [0.15, 0.2) is 5.54 Å². The van der Waals surface area contributed by atoms with Crippen molar-refractivity contribution in [3.8, 4) is 5.75 Å². The molecule has 1 aromatic rings. The smallest absolute Gasteiger partial charge is 0.415 e. The van der Waals surface area contributed by atoms with Crippen LogP contribution in [0.5, 0.6) is 5.75 Å². The van der Waals surface area contributed by atoms with Crippen LogP contribution in [0, 0.1) is 0 Å². The number of nitrogens with one attached hydrogen (secondary N) is 1. The second-order valence-electron chi connectivity index (χ2n) is 4.67.